The van der Waals surface area contributed by atoms with Crippen molar-refractivity contribution in [1.82, 2.24) is 14.9 Å². The van der Waals surface area contributed by atoms with E-state index >= 15 is 0 Å². The SMILES string of the molecule is CN(CC(NC(=O)NCC=O)C(C)(C)C)S(C)=O. The van der Waals surface area contributed by atoms with E-state index in [9.17, 15) is 13.8 Å². The van der Waals surface area contributed by atoms with Crippen molar-refractivity contribution in [3.8, 4) is 0 Å². The normalized spacial score (nSPS) is 15.0. The maximum absolute atomic E-state index is 11.5. The number of aldehydes is 1. The lowest BCUT2D eigenvalue weighted by atomic mass is 9.87. The van der Waals surface area contributed by atoms with Gasteiger partial charge in [0.2, 0.25) is 0 Å². The summed E-state index contributed by atoms with van der Waals surface area (Å²) in [5, 5.41) is 5.22. The zero-order chi connectivity index (χ0) is 14.3. The highest BCUT2D eigenvalue weighted by molar-refractivity contribution is 7.81. The van der Waals surface area contributed by atoms with Gasteiger partial charge >= 0.3 is 6.03 Å². The Kier molecular flexibility index (Phi) is 7.08. The first kappa shape index (κ1) is 17.1. The molecule has 0 saturated carbocycles. The number of amides is 2. The van der Waals surface area contributed by atoms with Gasteiger partial charge in [0.05, 0.1) is 17.5 Å². The van der Waals surface area contributed by atoms with Crippen molar-refractivity contribution < 1.29 is 13.8 Å². The Hall–Kier alpha value is -0.950. The highest BCUT2D eigenvalue weighted by Crippen LogP contribution is 2.20. The van der Waals surface area contributed by atoms with Crippen LogP contribution in [-0.4, -0.2) is 53.3 Å². The number of likely N-dealkylation sites (N-methyl/N-ethyl adjacent to an activating group) is 1. The predicted molar refractivity (Wildman–Crippen MR) is 72.5 cm³/mol. The molecule has 0 aliphatic carbocycles. The van der Waals surface area contributed by atoms with Crippen LogP contribution in [0.4, 0.5) is 4.79 Å². The Labute approximate surface area is 111 Å². The lowest BCUT2D eigenvalue weighted by Crippen LogP contribution is -2.53. The first-order valence-electron chi connectivity index (χ1n) is 5.71. The summed E-state index contributed by atoms with van der Waals surface area (Å²) in [5.74, 6) is 0. The van der Waals surface area contributed by atoms with Crippen LogP contribution in [0.25, 0.3) is 0 Å². The Morgan fingerprint density at radius 3 is 2.39 bits per heavy atom. The van der Waals surface area contributed by atoms with Crippen molar-refractivity contribution in [2.75, 3.05) is 26.4 Å². The van der Waals surface area contributed by atoms with Gasteiger partial charge in [0.25, 0.3) is 0 Å². The van der Waals surface area contributed by atoms with Crippen molar-refractivity contribution in [2.24, 2.45) is 5.41 Å². The van der Waals surface area contributed by atoms with Gasteiger partial charge < -0.3 is 15.4 Å². The number of urea groups is 1. The lowest BCUT2D eigenvalue weighted by Gasteiger charge is -2.33. The molecule has 7 heteroatoms. The molecule has 0 heterocycles. The number of carbonyl (C=O) groups excluding carboxylic acids is 2. The standard InChI is InChI=1S/C11H23N3O3S/c1-11(2,3)9(8-14(4)18(5)17)13-10(16)12-6-7-15/h7,9H,6,8H2,1-5H3,(H2,12,13,16). The van der Waals surface area contributed by atoms with E-state index in [1.54, 1.807) is 17.6 Å². The van der Waals surface area contributed by atoms with Crippen LogP contribution in [0.1, 0.15) is 20.8 Å². The molecule has 0 saturated heterocycles. The lowest BCUT2D eigenvalue weighted by molar-refractivity contribution is -0.107. The average Bonchev–Trinajstić information content (AvgIpc) is 2.23. The van der Waals surface area contributed by atoms with E-state index in [4.69, 9.17) is 0 Å². The maximum Gasteiger partial charge on any atom is 0.315 e. The molecule has 0 bridgehead atoms. The summed E-state index contributed by atoms with van der Waals surface area (Å²) >= 11 is 0. The third kappa shape index (κ3) is 6.70. The summed E-state index contributed by atoms with van der Waals surface area (Å²) in [6.07, 6.45) is 2.21. The van der Waals surface area contributed by atoms with E-state index in [2.05, 4.69) is 10.6 Å². The first-order chi connectivity index (χ1) is 8.18. The van der Waals surface area contributed by atoms with Gasteiger partial charge in [-0.3, -0.25) is 0 Å². The number of hydrogen-bond acceptors (Lipinski definition) is 3. The van der Waals surface area contributed by atoms with Crippen LogP contribution < -0.4 is 10.6 Å². The number of hydrogen-bond donors (Lipinski definition) is 2. The summed E-state index contributed by atoms with van der Waals surface area (Å²) in [6.45, 7) is 6.43. The van der Waals surface area contributed by atoms with Gasteiger partial charge in [-0.1, -0.05) is 20.8 Å². The fraction of sp³-hybridized carbons (Fsp3) is 0.818. The molecule has 2 N–H and O–H groups in total. The smallest absolute Gasteiger partial charge is 0.315 e. The van der Waals surface area contributed by atoms with Gasteiger partial charge in [-0.2, -0.15) is 0 Å². The van der Waals surface area contributed by atoms with Crippen LogP contribution in [0.5, 0.6) is 0 Å². The van der Waals surface area contributed by atoms with Crippen LogP contribution in [0.15, 0.2) is 0 Å². The van der Waals surface area contributed by atoms with Crippen molar-refractivity contribution in [3.63, 3.8) is 0 Å². The molecule has 0 spiro atoms. The maximum atomic E-state index is 11.5. The number of nitrogens with zero attached hydrogens (tertiary/aromatic N) is 1. The second kappa shape index (κ2) is 7.48. The Morgan fingerprint density at radius 2 is 2.00 bits per heavy atom. The van der Waals surface area contributed by atoms with Crippen molar-refractivity contribution in [1.29, 1.82) is 0 Å². The monoisotopic (exact) mass is 277 g/mol. The molecule has 0 aromatic rings. The molecular weight excluding hydrogens is 254 g/mol. The molecule has 0 aliphatic heterocycles. The number of carbonyl (C=O) groups is 2. The van der Waals surface area contributed by atoms with Crippen LogP contribution >= 0.6 is 0 Å². The summed E-state index contributed by atoms with van der Waals surface area (Å²) in [6, 6.07) is -0.560. The molecular formula is C11H23N3O3S. The molecule has 0 aliphatic rings. The molecule has 0 aromatic heterocycles. The highest BCUT2D eigenvalue weighted by Gasteiger charge is 2.28. The van der Waals surface area contributed by atoms with Crippen LogP contribution in [-0.2, 0) is 15.8 Å². The zero-order valence-corrected chi connectivity index (χ0v) is 12.5. The topological polar surface area (TPSA) is 78.5 Å². The molecule has 6 nitrogen and oxygen atoms in total. The summed E-state index contributed by atoms with van der Waals surface area (Å²) in [7, 11) is 0.656. The second-order valence-corrected chi connectivity index (χ2v) is 6.64. The van der Waals surface area contributed by atoms with Crippen LogP contribution in [0.3, 0.4) is 0 Å². The Morgan fingerprint density at radius 1 is 1.44 bits per heavy atom. The zero-order valence-electron chi connectivity index (χ0n) is 11.6. The molecule has 2 unspecified atom stereocenters. The van der Waals surface area contributed by atoms with Crippen molar-refractivity contribution >= 4 is 23.3 Å². The summed E-state index contributed by atoms with van der Waals surface area (Å²) in [5.41, 5.74) is -0.174. The first-order valence-corrected chi connectivity index (χ1v) is 7.22. The number of nitrogens with one attached hydrogen (secondary N) is 2. The van der Waals surface area contributed by atoms with Crippen molar-refractivity contribution in [2.45, 2.75) is 26.8 Å². The quantitative estimate of drug-likeness (QED) is 0.677. The van der Waals surface area contributed by atoms with Crippen LogP contribution in [0.2, 0.25) is 0 Å². The Bertz CT molecular complexity index is 315. The third-order valence-electron chi connectivity index (χ3n) is 2.58. The molecule has 0 rings (SSSR count). The molecule has 2 amide bonds. The minimum atomic E-state index is -1.08. The summed E-state index contributed by atoms with van der Waals surface area (Å²) < 4.78 is 13.0. The Balaban J connectivity index is 4.55. The number of rotatable bonds is 6. The van der Waals surface area contributed by atoms with E-state index < -0.39 is 17.0 Å². The molecule has 0 fully saturated rings. The predicted octanol–water partition coefficient (Wildman–Crippen LogP) is 0.125. The van der Waals surface area contributed by atoms with Gasteiger partial charge in [0.1, 0.15) is 6.29 Å². The van der Waals surface area contributed by atoms with Gasteiger partial charge in [0.15, 0.2) is 0 Å². The molecule has 18 heavy (non-hydrogen) atoms. The minimum Gasteiger partial charge on any atom is -0.334 e. The molecule has 0 aromatic carbocycles. The van der Waals surface area contributed by atoms with Crippen molar-refractivity contribution in [3.05, 3.63) is 0 Å². The van der Waals surface area contributed by atoms with E-state index in [0.717, 1.165) is 0 Å². The van der Waals surface area contributed by atoms with E-state index in [-0.39, 0.29) is 18.0 Å². The molecule has 0 radical (unpaired) electrons. The van der Waals surface area contributed by atoms with Gasteiger partial charge in [-0.15, -0.1) is 0 Å². The van der Waals surface area contributed by atoms with Gasteiger partial charge in [-0.05, 0) is 12.5 Å². The fourth-order valence-electron chi connectivity index (χ4n) is 1.24. The van der Waals surface area contributed by atoms with Gasteiger partial charge in [-0.25, -0.2) is 13.3 Å². The average molecular weight is 277 g/mol. The van der Waals surface area contributed by atoms with E-state index in [1.807, 2.05) is 20.8 Å². The highest BCUT2D eigenvalue weighted by atomic mass is 32.2. The largest absolute Gasteiger partial charge is 0.334 e. The summed E-state index contributed by atoms with van der Waals surface area (Å²) in [4.78, 5) is 21.7. The molecule has 2 atom stereocenters. The van der Waals surface area contributed by atoms with Crippen LogP contribution in [0, 0.1) is 5.41 Å². The van der Waals surface area contributed by atoms with Gasteiger partial charge in [0, 0.05) is 18.8 Å². The van der Waals surface area contributed by atoms with E-state index in [0.29, 0.717) is 12.8 Å². The minimum absolute atomic E-state index is 0.0156. The van der Waals surface area contributed by atoms with E-state index in [1.165, 1.54) is 0 Å². The third-order valence-corrected chi connectivity index (χ3v) is 3.60. The molecule has 106 valence electrons. The fourth-order valence-corrected chi connectivity index (χ4v) is 1.60. The second-order valence-electron chi connectivity index (χ2n) is 5.17.